The normalized spacial score (nSPS) is 12.1. The number of fused-ring (bicyclic) bond motifs is 1. The van der Waals surface area contributed by atoms with Gasteiger partial charge in [-0.3, -0.25) is 4.79 Å². The minimum absolute atomic E-state index is 0.00702. The summed E-state index contributed by atoms with van der Waals surface area (Å²) in [4.78, 5) is 17.6. The molecule has 0 saturated heterocycles. The van der Waals surface area contributed by atoms with E-state index in [2.05, 4.69) is 60.1 Å². The van der Waals surface area contributed by atoms with Gasteiger partial charge in [-0.25, -0.2) is 4.98 Å². The average Bonchev–Trinajstić information content (AvgIpc) is 3.19. The number of carbonyl (C=O) groups is 1. The zero-order valence-electron chi connectivity index (χ0n) is 18.6. The summed E-state index contributed by atoms with van der Waals surface area (Å²) in [6.45, 7) is 5.18. The Morgan fingerprint density at radius 1 is 1.00 bits per heavy atom. The molecule has 1 amide bonds. The molecule has 5 heteroatoms. The third-order valence-electron chi connectivity index (χ3n) is 5.80. The van der Waals surface area contributed by atoms with Gasteiger partial charge in [-0.05, 0) is 48.1 Å². The van der Waals surface area contributed by atoms with Gasteiger partial charge in [-0.2, -0.15) is 0 Å². The van der Waals surface area contributed by atoms with Gasteiger partial charge < -0.3 is 9.88 Å². The number of nitrogens with one attached hydrogen (secondary N) is 1. The Bertz CT molecular complexity index is 1190. The first kappa shape index (κ1) is 22.2. The Balaban J connectivity index is 1.48. The first-order valence-corrected chi connectivity index (χ1v) is 12.1. The molecule has 1 atom stereocenters. The van der Waals surface area contributed by atoms with Crippen LogP contribution in [0.5, 0.6) is 0 Å². The van der Waals surface area contributed by atoms with Crippen molar-refractivity contribution >= 4 is 34.4 Å². The number of anilines is 1. The molecule has 1 aromatic heterocycles. The van der Waals surface area contributed by atoms with Crippen LogP contribution in [0.2, 0.25) is 0 Å². The van der Waals surface area contributed by atoms with Crippen molar-refractivity contribution in [3.63, 3.8) is 0 Å². The van der Waals surface area contributed by atoms with Crippen LogP contribution in [0.1, 0.15) is 37.3 Å². The highest BCUT2D eigenvalue weighted by atomic mass is 32.2. The average molecular weight is 444 g/mol. The summed E-state index contributed by atoms with van der Waals surface area (Å²) in [7, 11) is 0. The van der Waals surface area contributed by atoms with Gasteiger partial charge in [-0.15, -0.1) is 0 Å². The van der Waals surface area contributed by atoms with Crippen LogP contribution >= 0.6 is 11.8 Å². The molecule has 0 unspecified atom stereocenters. The van der Waals surface area contributed by atoms with Crippen LogP contribution in [0.3, 0.4) is 0 Å². The van der Waals surface area contributed by atoms with Gasteiger partial charge in [0.15, 0.2) is 5.16 Å². The number of hydrogen-bond donors (Lipinski definition) is 1. The minimum atomic E-state index is -0.00702. The van der Waals surface area contributed by atoms with Crippen LogP contribution in [-0.2, 0) is 17.8 Å². The Labute approximate surface area is 194 Å². The summed E-state index contributed by atoms with van der Waals surface area (Å²) in [5, 5.41) is 3.99. The van der Waals surface area contributed by atoms with Crippen molar-refractivity contribution in [1.82, 2.24) is 9.55 Å². The number of amides is 1. The number of benzene rings is 3. The molecule has 0 saturated carbocycles. The highest BCUT2D eigenvalue weighted by Gasteiger charge is 2.15. The second kappa shape index (κ2) is 10.5. The molecule has 0 radical (unpaired) electrons. The smallest absolute Gasteiger partial charge is 0.234 e. The van der Waals surface area contributed by atoms with Crippen LogP contribution in [0.25, 0.3) is 11.0 Å². The molecular weight excluding hydrogens is 414 g/mol. The zero-order valence-corrected chi connectivity index (χ0v) is 19.4. The molecule has 164 valence electrons. The third-order valence-corrected chi connectivity index (χ3v) is 6.77. The van der Waals surface area contributed by atoms with Crippen molar-refractivity contribution in [3.05, 3.63) is 90.0 Å². The van der Waals surface area contributed by atoms with Gasteiger partial charge in [0.2, 0.25) is 5.91 Å². The lowest BCUT2D eigenvalue weighted by Crippen LogP contribution is -2.16. The largest absolute Gasteiger partial charge is 0.325 e. The fraction of sp³-hybridized carbons (Fsp3) is 0.259. The molecule has 3 aromatic carbocycles. The highest BCUT2D eigenvalue weighted by molar-refractivity contribution is 7.99. The Morgan fingerprint density at radius 3 is 2.53 bits per heavy atom. The van der Waals surface area contributed by atoms with E-state index in [1.165, 1.54) is 22.9 Å². The molecule has 4 aromatic rings. The van der Waals surface area contributed by atoms with Crippen LogP contribution in [0, 0.1) is 0 Å². The lowest BCUT2D eigenvalue weighted by molar-refractivity contribution is -0.113. The SMILES string of the molecule is CC[C@@H](C)c1ccccc1NC(=O)CSc1nc2ccccc2n1CCc1ccccc1. The molecule has 0 aliphatic rings. The van der Waals surface area contributed by atoms with E-state index in [0.717, 1.165) is 41.3 Å². The molecule has 1 N–H and O–H groups in total. The number of thioether (sulfide) groups is 1. The Hall–Kier alpha value is -3.05. The van der Waals surface area contributed by atoms with Crippen LogP contribution in [0.15, 0.2) is 84.0 Å². The van der Waals surface area contributed by atoms with Gasteiger partial charge in [0.1, 0.15) is 0 Å². The number of rotatable bonds is 9. The lowest BCUT2D eigenvalue weighted by Gasteiger charge is -2.15. The summed E-state index contributed by atoms with van der Waals surface area (Å²) < 4.78 is 2.23. The topological polar surface area (TPSA) is 46.9 Å². The molecule has 4 rings (SSSR count). The van der Waals surface area contributed by atoms with Gasteiger partial charge in [0.05, 0.1) is 16.8 Å². The second-order valence-electron chi connectivity index (χ2n) is 8.00. The zero-order chi connectivity index (χ0) is 22.3. The number of para-hydroxylation sites is 3. The maximum absolute atomic E-state index is 12.8. The van der Waals surface area contributed by atoms with Crippen molar-refractivity contribution in [2.45, 2.75) is 44.3 Å². The van der Waals surface area contributed by atoms with E-state index in [-0.39, 0.29) is 5.91 Å². The van der Waals surface area contributed by atoms with Crippen molar-refractivity contribution in [1.29, 1.82) is 0 Å². The first-order valence-electron chi connectivity index (χ1n) is 11.2. The predicted octanol–water partition coefficient (Wildman–Crippen LogP) is 6.52. The molecule has 0 fully saturated rings. The minimum Gasteiger partial charge on any atom is -0.325 e. The summed E-state index contributed by atoms with van der Waals surface area (Å²) >= 11 is 1.50. The van der Waals surface area contributed by atoms with E-state index < -0.39 is 0 Å². The summed E-state index contributed by atoms with van der Waals surface area (Å²) in [5.74, 6) is 0.720. The molecule has 0 aliphatic heterocycles. The molecular formula is C27H29N3OS. The first-order chi connectivity index (χ1) is 15.7. The third kappa shape index (κ3) is 5.22. The quantitative estimate of drug-likeness (QED) is 0.299. The van der Waals surface area contributed by atoms with Crippen molar-refractivity contribution in [3.8, 4) is 0 Å². The summed E-state index contributed by atoms with van der Waals surface area (Å²) in [6, 6.07) is 26.7. The standard InChI is InChI=1S/C27H29N3OS/c1-3-20(2)22-13-7-8-14-23(22)28-26(31)19-32-27-29-24-15-9-10-16-25(24)30(27)18-17-21-11-5-4-6-12-21/h4-16,20H,3,17-19H2,1-2H3,(H,28,31)/t20-/m1/s1. The van der Waals surface area contributed by atoms with E-state index >= 15 is 0 Å². The van der Waals surface area contributed by atoms with Crippen molar-refractivity contribution in [2.24, 2.45) is 0 Å². The van der Waals surface area contributed by atoms with Crippen LogP contribution in [-0.4, -0.2) is 21.2 Å². The van der Waals surface area contributed by atoms with Crippen molar-refractivity contribution in [2.75, 3.05) is 11.1 Å². The van der Waals surface area contributed by atoms with Gasteiger partial charge in [0.25, 0.3) is 0 Å². The molecule has 0 spiro atoms. The maximum atomic E-state index is 12.8. The number of carbonyl (C=O) groups excluding carboxylic acids is 1. The van der Waals surface area contributed by atoms with Crippen LogP contribution < -0.4 is 5.32 Å². The van der Waals surface area contributed by atoms with Gasteiger partial charge >= 0.3 is 0 Å². The van der Waals surface area contributed by atoms with Gasteiger partial charge in [-0.1, -0.05) is 86.3 Å². The van der Waals surface area contributed by atoms with E-state index in [9.17, 15) is 4.79 Å². The van der Waals surface area contributed by atoms with Crippen molar-refractivity contribution < 1.29 is 4.79 Å². The fourth-order valence-electron chi connectivity index (χ4n) is 3.84. The van der Waals surface area contributed by atoms with E-state index in [4.69, 9.17) is 4.98 Å². The molecule has 0 bridgehead atoms. The highest BCUT2D eigenvalue weighted by Crippen LogP contribution is 2.28. The van der Waals surface area contributed by atoms with E-state index in [1.54, 1.807) is 0 Å². The predicted molar refractivity (Wildman–Crippen MR) is 134 cm³/mol. The number of hydrogen-bond acceptors (Lipinski definition) is 3. The molecule has 4 nitrogen and oxygen atoms in total. The molecule has 32 heavy (non-hydrogen) atoms. The second-order valence-corrected chi connectivity index (χ2v) is 8.95. The van der Waals surface area contributed by atoms with E-state index in [0.29, 0.717) is 11.7 Å². The number of aryl methyl sites for hydroxylation is 2. The monoisotopic (exact) mass is 443 g/mol. The molecule has 0 aliphatic carbocycles. The van der Waals surface area contributed by atoms with E-state index in [1.807, 2.05) is 42.5 Å². The summed E-state index contributed by atoms with van der Waals surface area (Å²) in [6.07, 6.45) is 1.95. The lowest BCUT2D eigenvalue weighted by atomic mass is 9.97. The Kier molecular flexibility index (Phi) is 7.28. The maximum Gasteiger partial charge on any atom is 0.234 e. The summed E-state index contributed by atoms with van der Waals surface area (Å²) in [5.41, 5.74) is 5.45. The Morgan fingerprint density at radius 2 is 1.72 bits per heavy atom. The van der Waals surface area contributed by atoms with Crippen LogP contribution in [0.4, 0.5) is 5.69 Å². The van der Waals surface area contributed by atoms with Gasteiger partial charge in [0, 0.05) is 12.2 Å². The number of aromatic nitrogens is 2. The fourth-order valence-corrected chi connectivity index (χ4v) is 4.68. The number of imidazole rings is 1. The number of nitrogens with zero attached hydrogens (tertiary/aromatic N) is 2. The molecule has 1 heterocycles.